The van der Waals surface area contributed by atoms with Crippen molar-refractivity contribution in [2.45, 2.75) is 59.3 Å². The van der Waals surface area contributed by atoms with E-state index in [-0.39, 0.29) is 17.6 Å². The quantitative estimate of drug-likeness (QED) is 0.256. The molecule has 2 rings (SSSR count). The summed E-state index contributed by atoms with van der Waals surface area (Å²) < 4.78 is 0. The Labute approximate surface area is 169 Å². The summed E-state index contributed by atoms with van der Waals surface area (Å²) in [7, 11) is 1.73. The zero-order valence-electron chi connectivity index (χ0n) is 17.8. The first-order valence-electron chi connectivity index (χ1n) is 10.5. The molecular weight excluding hydrogens is 350 g/mol. The number of carbonyl (C=O) groups excluding carboxylic acids is 2. The molecule has 0 spiro atoms. The van der Waals surface area contributed by atoms with E-state index in [1.807, 2.05) is 26.0 Å². The Morgan fingerprint density at radius 3 is 2.50 bits per heavy atom. The molecule has 1 aliphatic carbocycles. The minimum absolute atomic E-state index is 0.0110. The van der Waals surface area contributed by atoms with Gasteiger partial charge in [0.25, 0.3) is 0 Å². The first-order chi connectivity index (χ1) is 13.4. The van der Waals surface area contributed by atoms with Crippen LogP contribution >= 0.6 is 0 Å². The number of amides is 1. The summed E-state index contributed by atoms with van der Waals surface area (Å²) in [5.74, 6) is 1.98. The van der Waals surface area contributed by atoms with Crippen molar-refractivity contribution in [3.63, 3.8) is 0 Å². The number of nitrogens with zero attached hydrogens (tertiary/aromatic N) is 2. The summed E-state index contributed by atoms with van der Waals surface area (Å²) in [6, 6.07) is 0. The van der Waals surface area contributed by atoms with Crippen LogP contribution < -0.4 is 5.32 Å². The molecule has 1 amide bonds. The molecule has 1 heterocycles. The molecule has 0 unspecified atom stereocenters. The molecule has 1 aliphatic heterocycles. The van der Waals surface area contributed by atoms with E-state index in [4.69, 9.17) is 0 Å². The van der Waals surface area contributed by atoms with Crippen molar-refractivity contribution in [3.8, 4) is 0 Å². The number of hydrogen-bond acceptors (Lipinski definition) is 3. The van der Waals surface area contributed by atoms with Gasteiger partial charge in [-0.3, -0.25) is 9.59 Å². The van der Waals surface area contributed by atoms with Crippen LogP contribution in [0.2, 0.25) is 0 Å². The molecule has 5 nitrogen and oxygen atoms in total. The number of hydrogen-bond donors (Lipinski definition) is 1. The van der Waals surface area contributed by atoms with Gasteiger partial charge in [0.2, 0.25) is 5.91 Å². The SMILES string of the molecule is C\C=C/C(=C/C(C)=O)/N=C(\C)N1CCC=C(C2CCC(C(=O)NC)CC2)CC1. The van der Waals surface area contributed by atoms with Crippen LogP contribution in [0.1, 0.15) is 59.3 Å². The molecular formula is C23H35N3O2. The number of nitrogens with one attached hydrogen (secondary N) is 1. The standard InChI is InChI=1S/C23H35N3O2/c1-5-7-22(16-17(2)27)25-18(3)26-14-6-8-19(13-15-26)20-9-11-21(12-10-20)23(28)24-4/h5,7-8,16,20-21H,6,9-15H2,1-4H3,(H,24,28)/b7-5-,22-16-,25-18+. The first kappa shape index (κ1) is 22.1. The van der Waals surface area contributed by atoms with E-state index in [1.165, 1.54) is 0 Å². The summed E-state index contributed by atoms with van der Waals surface area (Å²) in [4.78, 5) is 30.3. The van der Waals surface area contributed by atoms with Gasteiger partial charge >= 0.3 is 0 Å². The average Bonchev–Trinajstić information content (AvgIpc) is 2.93. The predicted molar refractivity (Wildman–Crippen MR) is 115 cm³/mol. The fourth-order valence-corrected chi connectivity index (χ4v) is 4.26. The summed E-state index contributed by atoms with van der Waals surface area (Å²) in [5, 5.41) is 2.79. The van der Waals surface area contributed by atoms with E-state index in [0.29, 0.717) is 11.6 Å². The molecule has 0 aromatic heterocycles. The molecule has 0 atom stereocenters. The lowest BCUT2D eigenvalue weighted by molar-refractivity contribution is -0.125. The molecule has 0 bridgehead atoms. The van der Waals surface area contributed by atoms with Crippen LogP contribution in [-0.2, 0) is 9.59 Å². The van der Waals surface area contributed by atoms with Crippen molar-refractivity contribution in [2.75, 3.05) is 20.1 Å². The minimum atomic E-state index is 0.0110. The van der Waals surface area contributed by atoms with Crippen LogP contribution in [0.3, 0.4) is 0 Å². The van der Waals surface area contributed by atoms with Gasteiger partial charge < -0.3 is 10.2 Å². The maximum absolute atomic E-state index is 11.8. The molecule has 0 saturated heterocycles. The summed E-state index contributed by atoms with van der Waals surface area (Å²) in [6.07, 6.45) is 14.1. The van der Waals surface area contributed by atoms with Gasteiger partial charge in [0, 0.05) is 32.1 Å². The number of ketones is 1. The Bertz CT molecular complexity index is 680. The zero-order chi connectivity index (χ0) is 20.5. The third kappa shape index (κ3) is 6.47. The van der Waals surface area contributed by atoms with E-state index >= 15 is 0 Å². The highest BCUT2D eigenvalue weighted by Crippen LogP contribution is 2.35. The summed E-state index contributed by atoms with van der Waals surface area (Å²) in [5.41, 5.74) is 2.26. The maximum Gasteiger partial charge on any atom is 0.222 e. The number of carbonyl (C=O) groups is 2. The first-order valence-corrected chi connectivity index (χ1v) is 10.5. The Kier molecular flexibility index (Phi) is 8.68. The number of rotatable bonds is 5. The van der Waals surface area contributed by atoms with E-state index in [2.05, 4.69) is 21.3 Å². The van der Waals surface area contributed by atoms with Crippen molar-refractivity contribution >= 4 is 17.5 Å². The van der Waals surface area contributed by atoms with Crippen molar-refractivity contribution in [2.24, 2.45) is 16.8 Å². The second-order valence-corrected chi connectivity index (χ2v) is 7.81. The highest BCUT2D eigenvalue weighted by Gasteiger charge is 2.28. The van der Waals surface area contributed by atoms with Crippen molar-refractivity contribution in [3.05, 3.63) is 35.6 Å². The van der Waals surface area contributed by atoms with Crippen molar-refractivity contribution in [1.29, 1.82) is 0 Å². The molecule has 1 N–H and O–H groups in total. The normalized spacial score (nSPS) is 24.7. The Morgan fingerprint density at radius 1 is 1.18 bits per heavy atom. The van der Waals surface area contributed by atoms with Crippen LogP contribution in [-0.4, -0.2) is 42.6 Å². The average molecular weight is 386 g/mol. The van der Waals surface area contributed by atoms with Crippen LogP contribution in [0.4, 0.5) is 0 Å². The molecule has 1 fully saturated rings. The second kappa shape index (κ2) is 11.0. The van der Waals surface area contributed by atoms with E-state index in [0.717, 1.165) is 57.5 Å². The maximum atomic E-state index is 11.8. The highest BCUT2D eigenvalue weighted by atomic mass is 16.1. The Morgan fingerprint density at radius 2 is 1.89 bits per heavy atom. The summed E-state index contributed by atoms with van der Waals surface area (Å²) in [6.45, 7) is 7.42. The van der Waals surface area contributed by atoms with Gasteiger partial charge in [-0.1, -0.05) is 17.7 Å². The second-order valence-electron chi connectivity index (χ2n) is 7.81. The van der Waals surface area contributed by atoms with Gasteiger partial charge in [-0.15, -0.1) is 0 Å². The molecule has 0 radical (unpaired) electrons. The molecule has 1 saturated carbocycles. The fourth-order valence-electron chi connectivity index (χ4n) is 4.26. The summed E-state index contributed by atoms with van der Waals surface area (Å²) >= 11 is 0. The number of amidine groups is 1. The van der Waals surface area contributed by atoms with Gasteiger partial charge in [0.1, 0.15) is 5.84 Å². The van der Waals surface area contributed by atoms with E-state index in [1.54, 1.807) is 25.6 Å². The molecule has 28 heavy (non-hydrogen) atoms. The van der Waals surface area contributed by atoms with Crippen LogP contribution in [0.5, 0.6) is 0 Å². The largest absolute Gasteiger partial charge is 0.360 e. The van der Waals surface area contributed by atoms with Crippen molar-refractivity contribution < 1.29 is 9.59 Å². The smallest absolute Gasteiger partial charge is 0.222 e. The fraction of sp³-hybridized carbons (Fsp3) is 0.609. The monoisotopic (exact) mass is 385 g/mol. The zero-order valence-corrected chi connectivity index (χ0v) is 17.8. The van der Waals surface area contributed by atoms with Gasteiger partial charge in [-0.25, -0.2) is 4.99 Å². The van der Waals surface area contributed by atoms with Gasteiger partial charge in [0.05, 0.1) is 5.70 Å². The predicted octanol–water partition coefficient (Wildman–Crippen LogP) is 4.03. The van der Waals surface area contributed by atoms with Crippen LogP contribution in [0.15, 0.2) is 40.6 Å². The Balaban J connectivity index is 1.95. The number of allylic oxidation sites excluding steroid dienone is 3. The molecule has 0 aromatic carbocycles. The Hall–Kier alpha value is -2.17. The van der Waals surface area contributed by atoms with Gasteiger partial charge in [0.15, 0.2) is 5.78 Å². The minimum Gasteiger partial charge on any atom is -0.360 e. The molecule has 5 heteroatoms. The third-order valence-electron chi connectivity index (χ3n) is 5.78. The van der Waals surface area contributed by atoms with Crippen LogP contribution in [0, 0.1) is 11.8 Å². The molecule has 154 valence electrons. The topological polar surface area (TPSA) is 61.8 Å². The highest BCUT2D eigenvalue weighted by molar-refractivity contribution is 5.89. The lowest BCUT2D eigenvalue weighted by Crippen LogP contribution is -2.31. The van der Waals surface area contributed by atoms with Gasteiger partial charge in [-0.2, -0.15) is 0 Å². The third-order valence-corrected chi connectivity index (χ3v) is 5.78. The van der Waals surface area contributed by atoms with E-state index < -0.39 is 0 Å². The lowest BCUT2D eigenvalue weighted by atomic mass is 9.77. The van der Waals surface area contributed by atoms with Gasteiger partial charge in [-0.05, 0) is 71.3 Å². The van der Waals surface area contributed by atoms with Crippen LogP contribution in [0.25, 0.3) is 0 Å². The molecule has 0 aromatic rings. The van der Waals surface area contributed by atoms with Crippen molar-refractivity contribution in [1.82, 2.24) is 10.2 Å². The lowest BCUT2D eigenvalue weighted by Gasteiger charge is -2.29. The van der Waals surface area contributed by atoms with E-state index in [9.17, 15) is 9.59 Å². The number of aliphatic imine (C=N–C) groups is 1. The molecule has 2 aliphatic rings.